The number of nitrogens with zero attached hydrogens (tertiary/aromatic N) is 2. The monoisotopic (exact) mass is 392 g/mol. The normalized spacial score (nSPS) is 46.0. The van der Waals surface area contributed by atoms with Crippen molar-refractivity contribution in [3.05, 3.63) is 0 Å². The van der Waals surface area contributed by atoms with Crippen LogP contribution in [0.5, 0.6) is 0 Å². The highest BCUT2D eigenvalue weighted by molar-refractivity contribution is 6.09. The first kappa shape index (κ1) is 18.5. The smallest absolute Gasteiger partial charge is 0.245 e. The Morgan fingerprint density at radius 3 is 2.36 bits per heavy atom. The number of hydrogen-bond acceptors (Lipinski definition) is 6. The number of amides is 3. The van der Waals surface area contributed by atoms with E-state index in [1.165, 1.54) is 4.90 Å². The van der Waals surface area contributed by atoms with Gasteiger partial charge in [0.15, 0.2) is 0 Å². The summed E-state index contributed by atoms with van der Waals surface area (Å²) in [6.45, 7) is 7.09. The minimum atomic E-state index is -0.801. The Morgan fingerprint density at radius 1 is 1.14 bits per heavy atom. The fourth-order valence-corrected chi connectivity index (χ4v) is 5.96. The molecule has 154 valence electrons. The molecule has 8 nitrogen and oxygen atoms in total. The Hall–Kier alpha value is -1.51. The summed E-state index contributed by atoms with van der Waals surface area (Å²) in [6, 6.07) is -0.801. The lowest BCUT2D eigenvalue weighted by molar-refractivity contribution is -0.182. The maximum Gasteiger partial charge on any atom is 0.245 e. The number of rotatable bonds is 2. The molecule has 0 radical (unpaired) electrons. The standard InChI is InChI=1S/C20H28N2O6/c1-10-8-21(9-20(28-10)6-7-26-12(20)3)17(23)11(2)22-18(24)15-13-4-5-14(27-13)16(15)19(22)25/h10-16H,4-9H2,1-3H3. The SMILES string of the molecule is CC1CN(C(=O)C(C)N2C(=O)C3C4CCC(O4)C3C2=O)CC2(CCOC2C)O1. The van der Waals surface area contributed by atoms with E-state index in [9.17, 15) is 14.4 Å². The summed E-state index contributed by atoms with van der Waals surface area (Å²) in [5, 5.41) is 0. The van der Waals surface area contributed by atoms with Crippen LogP contribution in [0.25, 0.3) is 0 Å². The van der Waals surface area contributed by atoms with Gasteiger partial charge in [0.1, 0.15) is 11.6 Å². The average Bonchev–Trinajstić information content (AvgIpc) is 3.40. The number of hydrogen-bond donors (Lipinski definition) is 0. The molecule has 5 fully saturated rings. The number of ether oxygens (including phenoxy) is 3. The van der Waals surface area contributed by atoms with E-state index in [1.807, 2.05) is 13.8 Å². The van der Waals surface area contributed by atoms with Crippen LogP contribution in [0.4, 0.5) is 0 Å². The Morgan fingerprint density at radius 2 is 1.79 bits per heavy atom. The summed E-state index contributed by atoms with van der Waals surface area (Å²) in [5.41, 5.74) is -0.504. The van der Waals surface area contributed by atoms with E-state index < -0.39 is 23.5 Å². The minimum absolute atomic E-state index is 0.0944. The lowest BCUT2D eigenvalue weighted by atomic mass is 9.81. The van der Waals surface area contributed by atoms with Gasteiger partial charge in [0.2, 0.25) is 17.7 Å². The molecule has 5 rings (SSSR count). The Bertz CT molecular complexity index is 699. The van der Waals surface area contributed by atoms with Crippen molar-refractivity contribution in [2.24, 2.45) is 11.8 Å². The van der Waals surface area contributed by atoms with Crippen LogP contribution in [-0.4, -0.2) is 83.3 Å². The van der Waals surface area contributed by atoms with Crippen molar-refractivity contribution in [2.75, 3.05) is 19.7 Å². The van der Waals surface area contributed by atoms with E-state index >= 15 is 0 Å². The topological polar surface area (TPSA) is 85.4 Å². The van der Waals surface area contributed by atoms with Crippen LogP contribution in [0, 0.1) is 11.8 Å². The summed E-state index contributed by atoms with van der Waals surface area (Å²) in [4.78, 5) is 42.3. The number of morpholine rings is 1. The maximum atomic E-state index is 13.3. The van der Waals surface area contributed by atoms with Gasteiger partial charge >= 0.3 is 0 Å². The van der Waals surface area contributed by atoms with E-state index in [4.69, 9.17) is 14.2 Å². The molecule has 8 unspecified atom stereocenters. The Balaban J connectivity index is 1.35. The van der Waals surface area contributed by atoms with Gasteiger partial charge in [-0.2, -0.15) is 0 Å². The Kier molecular flexibility index (Phi) is 4.13. The molecule has 8 heteroatoms. The fourth-order valence-electron chi connectivity index (χ4n) is 5.96. The summed E-state index contributed by atoms with van der Waals surface area (Å²) in [7, 11) is 0. The summed E-state index contributed by atoms with van der Waals surface area (Å²) in [5.74, 6) is -1.48. The van der Waals surface area contributed by atoms with Gasteiger partial charge in [-0.1, -0.05) is 0 Å². The molecule has 0 N–H and O–H groups in total. The molecule has 5 aliphatic rings. The number of carbonyl (C=O) groups excluding carboxylic acids is 3. The largest absolute Gasteiger partial charge is 0.375 e. The van der Waals surface area contributed by atoms with E-state index in [0.29, 0.717) is 19.7 Å². The lowest BCUT2D eigenvalue weighted by Crippen LogP contribution is -2.62. The predicted molar refractivity (Wildman–Crippen MR) is 96.1 cm³/mol. The molecule has 5 saturated heterocycles. The van der Waals surface area contributed by atoms with Crippen molar-refractivity contribution in [1.82, 2.24) is 9.80 Å². The molecule has 5 heterocycles. The summed E-state index contributed by atoms with van der Waals surface area (Å²) in [6.07, 6.45) is 1.84. The second-order valence-electron chi connectivity index (χ2n) is 9.04. The fraction of sp³-hybridized carbons (Fsp3) is 0.850. The molecule has 5 aliphatic heterocycles. The first-order chi connectivity index (χ1) is 13.3. The van der Waals surface area contributed by atoms with Crippen molar-refractivity contribution in [3.8, 4) is 0 Å². The molecule has 1 spiro atoms. The first-order valence-corrected chi connectivity index (χ1v) is 10.4. The molecule has 8 atom stereocenters. The van der Waals surface area contributed by atoms with Gasteiger partial charge in [-0.3, -0.25) is 19.3 Å². The number of imide groups is 1. The molecule has 0 saturated carbocycles. The van der Waals surface area contributed by atoms with Gasteiger partial charge in [0.25, 0.3) is 0 Å². The molecular weight excluding hydrogens is 364 g/mol. The summed E-state index contributed by atoms with van der Waals surface area (Å²) >= 11 is 0. The zero-order chi connectivity index (χ0) is 19.8. The average molecular weight is 392 g/mol. The van der Waals surface area contributed by atoms with Crippen LogP contribution in [0.15, 0.2) is 0 Å². The van der Waals surface area contributed by atoms with E-state index in [0.717, 1.165) is 19.3 Å². The van der Waals surface area contributed by atoms with E-state index in [-0.39, 0.29) is 42.1 Å². The van der Waals surface area contributed by atoms with Gasteiger partial charge in [-0.05, 0) is 33.6 Å². The van der Waals surface area contributed by atoms with Gasteiger partial charge in [0.05, 0.1) is 42.8 Å². The van der Waals surface area contributed by atoms with Crippen molar-refractivity contribution in [1.29, 1.82) is 0 Å². The molecule has 28 heavy (non-hydrogen) atoms. The van der Waals surface area contributed by atoms with E-state index in [1.54, 1.807) is 11.8 Å². The van der Waals surface area contributed by atoms with Crippen molar-refractivity contribution < 1.29 is 28.6 Å². The van der Waals surface area contributed by atoms with Crippen LogP contribution < -0.4 is 0 Å². The predicted octanol–water partition coefficient (Wildman–Crippen LogP) is 0.332. The lowest BCUT2D eigenvalue weighted by Gasteiger charge is -2.46. The molecule has 2 bridgehead atoms. The van der Waals surface area contributed by atoms with Crippen LogP contribution in [0.3, 0.4) is 0 Å². The highest BCUT2D eigenvalue weighted by Crippen LogP contribution is 2.49. The molecule has 0 aliphatic carbocycles. The van der Waals surface area contributed by atoms with Crippen molar-refractivity contribution >= 4 is 17.7 Å². The molecule has 0 aromatic heterocycles. The van der Waals surface area contributed by atoms with Gasteiger partial charge < -0.3 is 19.1 Å². The minimum Gasteiger partial charge on any atom is -0.375 e. The maximum absolute atomic E-state index is 13.3. The first-order valence-electron chi connectivity index (χ1n) is 10.4. The zero-order valence-corrected chi connectivity index (χ0v) is 16.6. The van der Waals surface area contributed by atoms with Gasteiger partial charge in [-0.15, -0.1) is 0 Å². The molecular formula is C20H28N2O6. The number of likely N-dealkylation sites (tertiary alicyclic amines) is 1. The number of fused-ring (bicyclic) bond motifs is 5. The number of carbonyl (C=O) groups is 3. The van der Waals surface area contributed by atoms with Crippen molar-refractivity contribution in [2.45, 2.75) is 76.1 Å². The zero-order valence-electron chi connectivity index (χ0n) is 16.6. The third kappa shape index (κ3) is 2.44. The van der Waals surface area contributed by atoms with Crippen LogP contribution >= 0.6 is 0 Å². The molecule has 3 amide bonds. The van der Waals surface area contributed by atoms with E-state index in [2.05, 4.69) is 0 Å². The molecule has 0 aromatic carbocycles. The third-order valence-electron chi connectivity index (χ3n) is 7.38. The second kappa shape index (κ2) is 6.24. The van der Waals surface area contributed by atoms with Gasteiger partial charge in [0, 0.05) is 19.6 Å². The molecule has 0 aromatic rings. The van der Waals surface area contributed by atoms with Crippen LogP contribution in [0.2, 0.25) is 0 Å². The third-order valence-corrected chi connectivity index (χ3v) is 7.38. The van der Waals surface area contributed by atoms with Gasteiger partial charge in [-0.25, -0.2) is 0 Å². The van der Waals surface area contributed by atoms with Crippen LogP contribution in [-0.2, 0) is 28.6 Å². The Labute approximate surface area is 164 Å². The highest BCUT2D eigenvalue weighted by Gasteiger charge is 2.63. The highest BCUT2D eigenvalue weighted by atomic mass is 16.6. The van der Waals surface area contributed by atoms with Crippen molar-refractivity contribution in [3.63, 3.8) is 0 Å². The summed E-state index contributed by atoms with van der Waals surface area (Å²) < 4.78 is 17.7. The van der Waals surface area contributed by atoms with Crippen LogP contribution in [0.1, 0.15) is 40.0 Å². The quantitative estimate of drug-likeness (QED) is 0.630. The second-order valence-corrected chi connectivity index (χ2v) is 9.04.